The Kier molecular flexibility index (Phi) is 3.48. The molecule has 0 aromatic heterocycles. The molecule has 0 N–H and O–H groups in total. The predicted octanol–water partition coefficient (Wildman–Crippen LogP) is 1.15. The van der Waals surface area contributed by atoms with Crippen LogP contribution in [-0.4, -0.2) is 27.4 Å². The van der Waals surface area contributed by atoms with Gasteiger partial charge in [0.2, 0.25) is 0 Å². The zero-order valence-electron chi connectivity index (χ0n) is 5.51. The van der Waals surface area contributed by atoms with Crippen molar-refractivity contribution in [3.8, 4) is 0 Å². The highest BCUT2D eigenvalue weighted by Crippen LogP contribution is 2.09. The van der Waals surface area contributed by atoms with Crippen molar-refractivity contribution in [3.63, 3.8) is 0 Å². The quantitative estimate of drug-likeness (QED) is 0.500. The minimum Gasteiger partial charge on any atom is -0.368 e. The van der Waals surface area contributed by atoms with Crippen molar-refractivity contribution in [1.82, 2.24) is 4.90 Å². The first-order chi connectivity index (χ1) is 4.33. The minimum atomic E-state index is -3.63. The van der Waals surface area contributed by atoms with E-state index in [0.717, 1.165) is 5.41 Å². The summed E-state index contributed by atoms with van der Waals surface area (Å²) >= 11 is 5.42. The van der Waals surface area contributed by atoms with E-state index in [9.17, 15) is 8.42 Å². The van der Waals surface area contributed by atoms with Crippen LogP contribution in [0.4, 0.5) is 0 Å². The van der Waals surface area contributed by atoms with Crippen molar-refractivity contribution in [3.05, 3.63) is 10.6 Å². The lowest BCUT2D eigenvalue weighted by Crippen LogP contribution is -2.07. The molecule has 60 valence electrons. The molecule has 0 aliphatic rings. The number of halogens is 2. The highest BCUT2D eigenvalue weighted by atomic mass is 35.7. The molecule has 0 rings (SSSR count). The molecule has 0 aliphatic carbocycles. The molecule has 0 aliphatic heterocycles. The lowest BCUT2D eigenvalue weighted by Gasteiger charge is -2.07. The van der Waals surface area contributed by atoms with Gasteiger partial charge in [0, 0.05) is 24.8 Å². The first kappa shape index (κ1) is 10.1. The van der Waals surface area contributed by atoms with Crippen molar-refractivity contribution in [1.29, 1.82) is 0 Å². The Morgan fingerprint density at radius 2 is 1.90 bits per heavy atom. The molecule has 0 radical (unpaired) electrons. The third-order valence-electron chi connectivity index (χ3n) is 0.665. The van der Waals surface area contributed by atoms with E-state index in [-0.39, 0.29) is 5.16 Å². The number of hydrogen-bond donors (Lipinski definition) is 0. The van der Waals surface area contributed by atoms with E-state index in [2.05, 4.69) is 0 Å². The van der Waals surface area contributed by atoms with Gasteiger partial charge in [-0.15, -0.1) is 0 Å². The number of rotatable bonds is 2. The van der Waals surface area contributed by atoms with Crippen molar-refractivity contribution in [2.24, 2.45) is 0 Å². The Balaban J connectivity index is 4.49. The fraction of sp³-hybridized carbons (Fsp3) is 0.500. The summed E-state index contributed by atoms with van der Waals surface area (Å²) in [5.41, 5.74) is 0. The van der Waals surface area contributed by atoms with Crippen LogP contribution in [0.3, 0.4) is 0 Å². The molecule has 6 heteroatoms. The molecule has 0 amide bonds. The van der Waals surface area contributed by atoms with E-state index >= 15 is 0 Å². The molecule has 0 saturated heterocycles. The van der Waals surface area contributed by atoms with E-state index in [0.29, 0.717) is 0 Å². The molecule has 0 bridgehead atoms. The molecular weight excluding hydrogens is 197 g/mol. The van der Waals surface area contributed by atoms with Gasteiger partial charge in [0.25, 0.3) is 9.05 Å². The monoisotopic (exact) mass is 203 g/mol. The second-order valence-electron chi connectivity index (χ2n) is 1.81. The summed E-state index contributed by atoms with van der Waals surface area (Å²) in [6.07, 6.45) is 0. The van der Waals surface area contributed by atoms with Crippen LogP contribution in [0.15, 0.2) is 10.6 Å². The molecule has 0 saturated carbocycles. The van der Waals surface area contributed by atoms with Crippen molar-refractivity contribution in [2.45, 2.75) is 0 Å². The smallest absolute Gasteiger partial charge is 0.257 e. The Morgan fingerprint density at radius 1 is 1.50 bits per heavy atom. The molecule has 10 heavy (non-hydrogen) atoms. The Bertz CT molecular complexity index is 232. The molecule has 0 unspecified atom stereocenters. The van der Waals surface area contributed by atoms with Gasteiger partial charge in [0.15, 0.2) is 0 Å². The molecule has 0 spiro atoms. The Morgan fingerprint density at radius 3 is 2.00 bits per heavy atom. The second-order valence-corrected chi connectivity index (χ2v) is 4.68. The van der Waals surface area contributed by atoms with E-state index in [1.807, 2.05) is 0 Å². The highest BCUT2D eigenvalue weighted by molar-refractivity contribution is 8.16. The molecular formula is C4H7Cl2NO2S. The molecule has 0 fully saturated rings. The number of nitrogens with zero attached hydrogens (tertiary/aromatic N) is 1. The third kappa shape index (κ3) is 4.90. The van der Waals surface area contributed by atoms with E-state index in [4.69, 9.17) is 22.3 Å². The summed E-state index contributed by atoms with van der Waals surface area (Å²) in [7, 11) is 4.45. The van der Waals surface area contributed by atoms with E-state index in [1.165, 1.54) is 4.90 Å². The van der Waals surface area contributed by atoms with Gasteiger partial charge in [0.05, 0.1) is 5.41 Å². The summed E-state index contributed by atoms with van der Waals surface area (Å²) in [5, 5.41) is 0.853. The summed E-state index contributed by atoms with van der Waals surface area (Å²) in [6, 6.07) is 0. The van der Waals surface area contributed by atoms with Gasteiger partial charge in [-0.2, -0.15) is 0 Å². The van der Waals surface area contributed by atoms with Crippen molar-refractivity contribution >= 4 is 31.3 Å². The Hall–Kier alpha value is 0.0700. The topological polar surface area (TPSA) is 37.4 Å². The fourth-order valence-corrected chi connectivity index (χ4v) is 1.41. The molecule has 0 atom stereocenters. The van der Waals surface area contributed by atoms with E-state index in [1.54, 1.807) is 14.1 Å². The van der Waals surface area contributed by atoms with Crippen LogP contribution in [0.1, 0.15) is 0 Å². The highest BCUT2D eigenvalue weighted by Gasteiger charge is 2.02. The van der Waals surface area contributed by atoms with Crippen LogP contribution in [0.2, 0.25) is 0 Å². The largest absolute Gasteiger partial charge is 0.368 e. The summed E-state index contributed by atoms with van der Waals surface area (Å²) in [6.45, 7) is 0. The van der Waals surface area contributed by atoms with Gasteiger partial charge in [-0.1, -0.05) is 11.6 Å². The normalized spacial score (nSPS) is 13.4. The average molecular weight is 204 g/mol. The van der Waals surface area contributed by atoms with Gasteiger partial charge in [0.1, 0.15) is 5.16 Å². The second kappa shape index (κ2) is 3.46. The third-order valence-corrected chi connectivity index (χ3v) is 2.01. The SMILES string of the molecule is CN(C)/C(Cl)=C/S(=O)(=O)Cl. The van der Waals surface area contributed by atoms with Crippen LogP contribution in [0.25, 0.3) is 0 Å². The van der Waals surface area contributed by atoms with Gasteiger partial charge in [-0.05, 0) is 0 Å². The summed E-state index contributed by atoms with van der Waals surface area (Å²) < 4.78 is 20.6. The van der Waals surface area contributed by atoms with Crippen molar-refractivity contribution < 1.29 is 8.42 Å². The maximum atomic E-state index is 10.3. The van der Waals surface area contributed by atoms with Crippen LogP contribution in [0, 0.1) is 0 Å². The molecule has 0 aromatic carbocycles. The average Bonchev–Trinajstić information content (AvgIpc) is 1.60. The van der Waals surface area contributed by atoms with Crippen molar-refractivity contribution in [2.75, 3.05) is 14.1 Å². The van der Waals surface area contributed by atoms with Gasteiger partial charge in [-0.25, -0.2) is 8.42 Å². The number of hydrogen-bond acceptors (Lipinski definition) is 3. The Labute approximate surface area is 69.6 Å². The minimum absolute atomic E-state index is 0.0787. The molecule has 0 aromatic rings. The maximum absolute atomic E-state index is 10.3. The first-order valence-corrected chi connectivity index (χ1v) is 5.07. The van der Waals surface area contributed by atoms with Crippen LogP contribution in [0.5, 0.6) is 0 Å². The molecule has 0 heterocycles. The lowest BCUT2D eigenvalue weighted by molar-refractivity contribution is 0.546. The van der Waals surface area contributed by atoms with E-state index < -0.39 is 9.05 Å². The summed E-state index contributed by atoms with van der Waals surface area (Å²) in [5.74, 6) is 0. The molecule has 3 nitrogen and oxygen atoms in total. The van der Waals surface area contributed by atoms with Gasteiger partial charge < -0.3 is 4.90 Å². The zero-order valence-corrected chi connectivity index (χ0v) is 7.83. The zero-order chi connectivity index (χ0) is 8.36. The maximum Gasteiger partial charge on any atom is 0.257 e. The van der Waals surface area contributed by atoms with Crippen LogP contribution < -0.4 is 0 Å². The van der Waals surface area contributed by atoms with Gasteiger partial charge in [-0.3, -0.25) is 0 Å². The summed E-state index contributed by atoms with van der Waals surface area (Å²) in [4.78, 5) is 1.43. The van der Waals surface area contributed by atoms with Crippen LogP contribution in [-0.2, 0) is 9.05 Å². The van der Waals surface area contributed by atoms with Gasteiger partial charge >= 0.3 is 0 Å². The fourth-order valence-electron chi connectivity index (χ4n) is 0.222. The predicted molar refractivity (Wildman–Crippen MR) is 42.4 cm³/mol. The standard InChI is InChI=1S/C4H7Cl2NO2S/c1-7(2)4(5)3-10(6,8)9/h3H,1-2H3/b4-3+. The lowest BCUT2D eigenvalue weighted by atomic mass is 10.8. The first-order valence-electron chi connectivity index (χ1n) is 2.32. The van der Waals surface area contributed by atoms with Crippen LogP contribution >= 0.6 is 22.3 Å².